The van der Waals surface area contributed by atoms with E-state index in [4.69, 9.17) is 4.74 Å². The first kappa shape index (κ1) is 24.0. The van der Waals surface area contributed by atoms with Crippen LogP contribution in [0.15, 0.2) is 121 Å². The molecule has 8 aromatic carbocycles. The average Bonchev–Trinajstić information content (AvgIpc) is 3.09. The molecule has 0 amide bonds. The Labute approximate surface area is 268 Å². The van der Waals surface area contributed by atoms with Gasteiger partial charge in [0.25, 0.3) is 6.71 Å². The number of hydrogen-bond acceptors (Lipinski definition) is 1. The molecule has 0 unspecified atom stereocenters. The standard InChI is InChI=1S/C43H26B2O/c1-43(2)29-11-3-4-13-31(29)44-33-19-17-24-22-28-26-10-8-16-36-42(26)45(32-14-5-6-15-35(32)46-36)34-20-18-23-21-27(25-9-7-12-30(43)41(25)44)39(33)37(24)38(23)40(28)34/h3-22H,1-2H3. The topological polar surface area (TPSA) is 9.23 Å². The van der Waals surface area contributed by atoms with Crippen molar-refractivity contribution in [2.45, 2.75) is 19.3 Å². The fraction of sp³-hybridized carbons (Fsp3) is 0.0698. The highest BCUT2D eigenvalue weighted by Crippen LogP contribution is 2.47. The Morgan fingerprint density at radius 2 is 1.00 bits per heavy atom. The lowest BCUT2D eigenvalue weighted by Crippen LogP contribution is -2.62. The molecule has 0 fully saturated rings. The van der Waals surface area contributed by atoms with Crippen molar-refractivity contribution in [3.8, 4) is 33.8 Å². The van der Waals surface area contributed by atoms with Gasteiger partial charge in [-0.2, -0.15) is 0 Å². The van der Waals surface area contributed by atoms with Crippen LogP contribution in [0, 0.1) is 0 Å². The zero-order valence-electron chi connectivity index (χ0n) is 25.6. The second-order valence-electron chi connectivity index (χ2n) is 14.3. The van der Waals surface area contributed by atoms with E-state index in [-0.39, 0.29) is 18.8 Å². The van der Waals surface area contributed by atoms with Crippen LogP contribution in [0.1, 0.15) is 25.0 Å². The second kappa shape index (κ2) is 7.74. The fourth-order valence-corrected chi connectivity index (χ4v) is 10.2. The van der Waals surface area contributed by atoms with E-state index in [0.717, 1.165) is 11.5 Å². The van der Waals surface area contributed by atoms with Crippen molar-refractivity contribution in [2.24, 2.45) is 0 Å². The van der Waals surface area contributed by atoms with Gasteiger partial charge in [-0.25, -0.2) is 0 Å². The van der Waals surface area contributed by atoms with E-state index in [2.05, 4.69) is 135 Å². The highest BCUT2D eigenvalue weighted by Gasteiger charge is 2.45. The maximum absolute atomic E-state index is 6.53. The summed E-state index contributed by atoms with van der Waals surface area (Å²) >= 11 is 0. The Morgan fingerprint density at radius 3 is 1.74 bits per heavy atom. The molecule has 3 heteroatoms. The monoisotopic (exact) mass is 580 g/mol. The van der Waals surface area contributed by atoms with Crippen LogP contribution in [-0.2, 0) is 5.41 Å². The van der Waals surface area contributed by atoms with E-state index < -0.39 is 0 Å². The van der Waals surface area contributed by atoms with Gasteiger partial charge in [-0.3, -0.25) is 0 Å². The summed E-state index contributed by atoms with van der Waals surface area (Å²) in [6.45, 7) is 5.18. The molecule has 0 aromatic heterocycles. The smallest absolute Gasteiger partial charge is 0.252 e. The number of rotatable bonds is 0. The predicted octanol–water partition coefficient (Wildman–Crippen LogP) is 6.32. The number of benzene rings is 8. The molecular formula is C43H26B2O. The molecule has 0 bridgehead atoms. The molecule has 1 nitrogen and oxygen atoms in total. The number of ether oxygens (including phenoxy) is 1. The first-order valence-corrected chi connectivity index (χ1v) is 16.5. The fourth-order valence-electron chi connectivity index (χ4n) is 10.2. The average molecular weight is 580 g/mol. The molecule has 4 aliphatic heterocycles. The molecule has 0 spiro atoms. The zero-order chi connectivity index (χ0) is 30.1. The van der Waals surface area contributed by atoms with Crippen LogP contribution in [0.3, 0.4) is 0 Å². The van der Waals surface area contributed by atoms with Gasteiger partial charge < -0.3 is 4.74 Å². The van der Waals surface area contributed by atoms with Crippen LogP contribution in [0.2, 0.25) is 0 Å². The Bertz CT molecular complexity index is 2720. The summed E-state index contributed by atoms with van der Waals surface area (Å²) in [6.07, 6.45) is 0. The number of para-hydroxylation sites is 1. The molecule has 0 aliphatic carbocycles. The van der Waals surface area contributed by atoms with Crippen LogP contribution in [0.25, 0.3) is 54.6 Å². The van der Waals surface area contributed by atoms with Crippen molar-refractivity contribution >= 4 is 78.5 Å². The maximum Gasteiger partial charge on any atom is 0.252 e. The van der Waals surface area contributed by atoms with E-state index in [1.54, 1.807) is 0 Å². The summed E-state index contributed by atoms with van der Waals surface area (Å²) < 4.78 is 6.53. The molecule has 0 saturated heterocycles. The van der Waals surface area contributed by atoms with Gasteiger partial charge in [0.15, 0.2) is 0 Å². The summed E-state index contributed by atoms with van der Waals surface area (Å²) in [6, 6.07) is 46.1. The molecule has 0 N–H and O–H groups in total. The minimum Gasteiger partial charge on any atom is -0.458 e. The molecule has 0 saturated carbocycles. The highest BCUT2D eigenvalue weighted by molar-refractivity contribution is 7.01. The Hall–Kier alpha value is -5.27. The van der Waals surface area contributed by atoms with Gasteiger partial charge in [0.1, 0.15) is 11.5 Å². The van der Waals surface area contributed by atoms with Gasteiger partial charge in [0.2, 0.25) is 6.71 Å². The van der Waals surface area contributed by atoms with E-state index in [0.29, 0.717) is 0 Å². The van der Waals surface area contributed by atoms with Crippen molar-refractivity contribution in [2.75, 3.05) is 0 Å². The minimum atomic E-state index is -0.0553. The second-order valence-corrected chi connectivity index (χ2v) is 14.3. The van der Waals surface area contributed by atoms with Gasteiger partial charge in [0, 0.05) is 5.41 Å². The van der Waals surface area contributed by atoms with Crippen molar-refractivity contribution in [3.63, 3.8) is 0 Å². The van der Waals surface area contributed by atoms with Crippen molar-refractivity contribution in [1.82, 2.24) is 0 Å². The highest BCUT2D eigenvalue weighted by atomic mass is 16.5. The molecular weight excluding hydrogens is 554 g/mol. The van der Waals surface area contributed by atoms with Crippen molar-refractivity contribution in [3.05, 3.63) is 132 Å². The zero-order valence-corrected chi connectivity index (χ0v) is 25.6. The Balaban J connectivity index is 1.27. The summed E-state index contributed by atoms with van der Waals surface area (Å²) in [5, 5.41) is 8.33. The van der Waals surface area contributed by atoms with E-state index in [1.807, 2.05) is 0 Å². The van der Waals surface area contributed by atoms with E-state index >= 15 is 0 Å². The third kappa shape index (κ3) is 2.56. The first-order chi connectivity index (χ1) is 22.6. The molecule has 4 heterocycles. The van der Waals surface area contributed by atoms with Crippen LogP contribution in [0.4, 0.5) is 0 Å². The van der Waals surface area contributed by atoms with Gasteiger partial charge in [-0.05, 0) is 101 Å². The summed E-state index contributed by atoms with van der Waals surface area (Å²) in [5.41, 5.74) is 16.6. The molecule has 0 radical (unpaired) electrons. The molecule has 4 aliphatic rings. The normalized spacial score (nSPS) is 15.4. The van der Waals surface area contributed by atoms with Crippen LogP contribution >= 0.6 is 0 Å². The molecule has 46 heavy (non-hydrogen) atoms. The summed E-state index contributed by atoms with van der Waals surface area (Å²) in [7, 11) is 0. The Kier molecular flexibility index (Phi) is 4.04. The van der Waals surface area contributed by atoms with E-state index in [1.165, 1.54) is 98.5 Å². The van der Waals surface area contributed by atoms with Gasteiger partial charge >= 0.3 is 0 Å². The minimum absolute atomic E-state index is 0.0553. The molecule has 8 aromatic rings. The lowest BCUT2D eigenvalue weighted by molar-refractivity contribution is 0.487. The third-order valence-electron chi connectivity index (χ3n) is 11.9. The van der Waals surface area contributed by atoms with Gasteiger partial charge in [-0.15, -0.1) is 0 Å². The summed E-state index contributed by atoms with van der Waals surface area (Å²) in [5.74, 6) is 1.95. The summed E-state index contributed by atoms with van der Waals surface area (Å²) in [4.78, 5) is 0. The van der Waals surface area contributed by atoms with Crippen molar-refractivity contribution in [1.29, 1.82) is 0 Å². The van der Waals surface area contributed by atoms with Crippen LogP contribution < -0.4 is 37.5 Å². The van der Waals surface area contributed by atoms with Crippen molar-refractivity contribution < 1.29 is 4.74 Å². The lowest BCUT2D eigenvalue weighted by atomic mass is 9.29. The molecule has 0 atom stereocenters. The number of fused-ring (bicyclic) bond motifs is 8. The largest absolute Gasteiger partial charge is 0.458 e. The quantitative estimate of drug-likeness (QED) is 0.151. The number of hydrogen-bond donors (Lipinski definition) is 0. The molecule has 12 rings (SSSR count). The lowest BCUT2D eigenvalue weighted by Gasteiger charge is -2.42. The molecule has 210 valence electrons. The maximum atomic E-state index is 6.53. The predicted molar refractivity (Wildman–Crippen MR) is 195 cm³/mol. The van der Waals surface area contributed by atoms with Gasteiger partial charge in [-0.1, -0.05) is 133 Å². The third-order valence-corrected chi connectivity index (χ3v) is 11.9. The van der Waals surface area contributed by atoms with Gasteiger partial charge in [0.05, 0.1) is 0 Å². The van der Waals surface area contributed by atoms with Crippen LogP contribution in [0.5, 0.6) is 11.5 Å². The van der Waals surface area contributed by atoms with E-state index in [9.17, 15) is 0 Å². The van der Waals surface area contributed by atoms with Crippen LogP contribution in [-0.4, -0.2) is 13.4 Å². The SMILES string of the molecule is CC1(C)c2ccccc2B2c3c(cccc31)-c1cc3ccc4c5c(cc6ccc2c1c6c35)-c1cccc2c1B4c1ccccc1O2. The Morgan fingerprint density at radius 1 is 0.435 bits per heavy atom. The first-order valence-electron chi connectivity index (χ1n) is 16.5.